The van der Waals surface area contributed by atoms with Gasteiger partial charge in [-0.25, -0.2) is 0 Å². The van der Waals surface area contributed by atoms with Gasteiger partial charge in [-0.05, 0) is 80.5 Å². The van der Waals surface area contributed by atoms with Gasteiger partial charge in [0.2, 0.25) is 0 Å². The van der Waals surface area contributed by atoms with E-state index in [-0.39, 0.29) is 5.41 Å². The molecule has 0 radical (unpaired) electrons. The SMILES string of the molecule is C#C[C@]1(O)CC[C@@]2(C)[C@@H](CC[C@@H]3[C@@H]2CC[C@]2(C)C(=O)CC[C@@H]32)C1. The van der Waals surface area contributed by atoms with Crippen LogP contribution in [0.2, 0.25) is 0 Å². The normalized spacial score (nSPS) is 55.5. The van der Waals surface area contributed by atoms with Gasteiger partial charge in [-0.2, -0.15) is 0 Å². The third kappa shape index (κ3) is 2.02. The van der Waals surface area contributed by atoms with E-state index in [0.29, 0.717) is 23.0 Å². The Balaban J connectivity index is 1.62. The van der Waals surface area contributed by atoms with E-state index >= 15 is 0 Å². The summed E-state index contributed by atoms with van der Waals surface area (Å²) in [5.74, 6) is 5.81. The molecule has 4 aliphatic rings. The molecule has 4 aliphatic carbocycles. The summed E-state index contributed by atoms with van der Waals surface area (Å²) < 4.78 is 0. The summed E-state index contributed by atoms with van der Waals surface area (Å²) in [5, 5.41) is 10.6. The van der Waals surface area contributed by atoms with E-state index in [2.05, 4.69) is 19.8 Å². The standard InChI is InChI=1S/C21H30O2/c1-4-21(23)12-11-19(2)14(13-21)5-6-15-16-7-8-18(22)20(16,3)10-9-17(15)19/h1,14-17,23H,5-13H2,2-3H3/t14-,15-,16-,17-,19-,20-,21-/m0/s1. The Kier molecular flexibility index (Phi) is 3.31. The second kappa shape index (κ2) is 4.85. The first-order valence-electron chi connectivity index (χ1n) is 9.56. The molecule has 0 amide bonds. The van der Waals surface area contributed by atoms with Gasteiger partial charge in [-0.1, -0.05) is 19.8 Å². The second-order valence-electron chi connectivity index (χ2n) is 9.45. The molecule has 0 aromatic carbocycles. The van der Waals surface area contributed by atoms with Crippen molar-refractivity contribution >= 4 is 5.78 Å². The van der Waals surface area contributed by atoms with Crippen LogP contribution in [-0.4, -0.2) is 16.5 Å². The molecule has 4 fully saturated rings. The van der Waals surface area contributed by atoms with Crippen LogP contribution in [0, 0.1) is 46.8 Å². The van der Waals surface area contributed by atoms with Crippen LogP contribution in [0.25, 0.3) is 0 Å². The van der Waals surface area contributed by atoms with Crippen LogP contribution in [0.1, 0.15) is 71.6 Å². The monoisotopic (exact) mass is 314 g/mol. The number of carbonyl (C=O) groups is 1. The number of Topliss-reactive ketones (excluding diaryl/α,β-unsaturated/α-hetero) is 1. The van der Waals surface area contributed by atoms with Gasteiger partial charge in [0.15, 0.2) is 0 Å². The minimum Gasteiger partial charge on any atom is -0.378 e. The smallest absolute Gasteiger partial charge is 0.139 e. The molecule has 0 saturated heterocycles. The van der Waals surface area contributed by atoms with E-state index in [1.165, 1.54) is 19.3 Å². The molecule has 126 valence electrons. The lowest BCUT2D eigenvalue weighted by molar-refractivity contribution is -0.146. The number of rotatable bonds is 0. The molecule has 0 heterocycles. The van der Waals surface area contributed by atoms with Crippen molar-refractivity contribution < 1.29 is 9.90 Å². The lowest BCUT2D eigenvalue weighted by atomic mass is 9.44. The molecule has 7 atom stereocenters. The summed E-state index contributed by atoms with van der Waals surface area (Å²) >= 11 is 0. The molecule has 2 heteroatoms. The number of aliphatic hydroxyl groups is 1. The fourth-order valence-electron chi connectivity index (χ4n) is 7.15. The van der Waals surface area contributed by atoms with Crippen LogP contribution in [0.3, 0.4) is 0 Å². The number of ketones is 1. The average molecular weight is 314 g/mol. The molecule has 0 aliphatic heterocycles. The first-order valence-corrected chi connectivity index (χ1v) is 9.56. The largest absolute Gasteiger partial charge is 0.378 e. The Labute approximate surface area is 140 Å². The van der Waals surface area contributed by atoms with Crippen molar-refractivity contribution in [2.24, 2.45) is 34.5 Å². The van der Waals surface area contributed by atoms with E-state index in [0.717, 1.165) is 50.4 Å². The summed E-state index contributed by atoms with van der Waals surface area (Å²) in [4.78, 5) is 12.4. The van der Waals surface area contributed by atoms with Crippen LogP contribution >= 0.6 is 0 Å². The van der Waals surface area contributed by atoms with Crippen molar-refractivity contribution in [1.82, 2.24) is 0 Å². The maximum absolute atomic E-state index is 12.4. The Morgan fingerprint density at radius 1 is 1.09 bits per heavy atom. The summed E-state index contributed by atoms with van der Waals surface area (Å²) in [6, 6.07) is 0. The van der Waals surface area contributed by atoms with Crippen molar-refractivity contribution in [3.8, 4) is 12.3 Å². The fraction of sp³-hybridized carbons (Fsp3) is 0.857. The highest BCUT2D eigenvalue weighted by atomic mass is 16.3. The molecule has 4 rings (SSSR count). The van der Waals surface area contributed by atoms with Crippen molar-refractivity contribution in [3.63, 3.8) is 0 Å². The molecule has 1 N–H and O–H groups in total. The quantitative estimate of drug-likeness (QED) is 0.687. The number of carbonyl (C=O) groups excluding carboxylic acids is 1. The third-order valence-electron chi connectivity index (χ3n) is 8.70. The summed E-state index contributed by atoms with van der Waals surface area (Å²) in [7, 11) is 0. The molecule has 0 unspecified atom stereocenters. The summed E-state index contributed by atoms with van der Waals surface area (Å²) in [6.07, 6.45) is 14.8. The van der Waals surface area contributed by atoms with Crippen LogP contribution in [0.15, 0.2) is 0 Å². The van der Waals surface area contributed by atoms with Crippen molar-refractivity contribution in [2.75, 3.05) is 0 Å². The number of terminal acetylenes is 1. The topological polar surface area (TPSA) is 37.3 Å². The number of fused-ring (bicyclic) bond motifs is 5. The Morgan fingerprint density at radius 2 is 1.87 bits per heavy atom. The van der Waals surface area contributed by atoms with E-state index in [9.17, 15) is 9.90 Å². The molecule has 0 spiro atoms. The summed E-state index contributed by atoms with van der Waals surface area (Å²) in [6.45, 7) is 4.71. The Morgan fingerprint density at radius 3 is 2.61 bits per heavy atom. The van der Waals surface area contributed by atoms with Crippen LogP contribution in [-0.2, 0) is 4.79 Å². The van der Waals surface area contributed by atoms with E-state index < -0.39 is 5.60 Å². The minimum absolute atomic E-state index is 0.0292. The van der Waals surface area contributed by atoms with Crippen LogP contribution in [0.5, 0.6) is 0 Å². The van der Waals surface area contributed by atoms with Gasteiger partial charge in [-0.3, -0.25) is 4.79 Å². The maximum atomic E-state index is 12.4. The third-order valence-corrected chi connectivity index (χ3v) is 8.70. The fourth-order valence-corrected chi connectivity index (χ4v) is 7.15. The highest BCUT2D eigenvalue weighted by molar-refractivity contribution is 5.87. The van der Waals surface area contributed by atoms with Gasteiger partial charge in [0.1, 0.15) is 11.4 Å². The van der Waals surface area contributed by atoms with E-state index in [1.54, 1.807) is 0 Å². The van der Waals surface area contributed by atoms with Gasteiger partial charge in [0, 0.05) is 11.8 Å². The molecule has 0 bridgehead atoms. The zero-order chi connectivity index (χ0) is 16.5. The number of hydrogen-bond donors (Lipinski definition) is 1. The van der Waals surface area contributed by atoms with Gasteiger partial charge < -0.3 is 5.11 Å². The molecule has 0 aromatic rings. The van der Waals surface area contributed by atoms with Gasteiger partial charge in [0.05, 0.1) is 0 Å². The molecule has 23 heavy (non-hydrogen) atoms. The van der Waals surface area contributed by atoms with E-state index in [4.69, 9.17) is 6.42 Å². The molecule has 4 saturated carbocycles. The van der Waals surface area contributed by atoms with Crippen molar-refractivity contribution in [1.29, 1.82) is 0 Å². The first kappa shape index (κ1) is 15.7. The predicted octanol–water partition coefficient (Wildman–Crippen LogP) is 3.96. The zero-order valence-corrected chi connectivity index (χ0v) is 14.6. The lowest BCUT2D eigenvalue weighted by Crippen LogP contribution is -2.55. The Hall–Kier alpha value is -0.810. The maximum Gasteiger partial charge on any atom is 0.139 e. The van der Waals surface area contributed by atoms with Gasteiger partial charge in [-0.15, -0.1) is 6.42 Å². The first-order chi connectivity index (χ1) is 10.8. The second-order valence-corrected chi connectivity index (χ2v) is 9.45. The lowest BCUT2D eigenvalue weighted by Gasteiger charge is -2.60. The zero-order valence-electron chi connectivity index (χ0n) is 14.6. The van der Waals surface area contributed by atoms with E-state index in [1.807, 2.05) is 0 Å². The molecule has 0 aromatic heterocycles. The Bertz CT molecular complexity index is 575. The molecular formula is C21H30O2. The highest BCUT2D eigenvalue weighted by Gasteiger charge is 2.61. The predicted molar refractivity (Wildman–Crippen MR) is 90.5 cm³/mol. The summed E-state index contributed by atoms with van der Waals surface area (Å²) in [5.41, 5.74) is -0.582. The van der Waals surface area contributed by atoms with Crippen molar-refractivity contribution in [3.05, 3.63) is 0 Å². The van der Waals surface area contributed by atoms with Crippen LogP contribution in [0.4, 0.5) is 0 Å². The molecule has 2 nitrogen and oxygen atoms in total. The van der Waals surface area contributed by atoms with Crippen LogP contribution < -0.4 is 0 Å². The van der Waals surface area contributed by atoms with Gasteiger partial charge >= 0.3 is 0 Å². The van der Waals surface area contributed by atoms with Gasteiger partial charge in [0.25, 0.3) is 0 Å². The number of hydrogen-bond acceptors (Lipinski definition) is 2. The van der Waals surface area contributed by atoms with Crippen molar-refractivity contribution in [2.45, 2.75) is 77.2 Å². The minimum atomic E-state index is -0.872. The molecular weight excluding hydrogens is 284 g/mol. The highest BCUT2D eigenvalue weighted by Crippen LogP contribution is 2.66. The average Bonchev–Trinajstić information content (AvgIpc) is 2.84.